The summed E-state index contributed by atoms with van der Waals surface area (Å²) in [5.41, 5.74) is 11.9. The van der Waals surface area contributed by atoms with Crippen molar-refractivity contribution in [3.05, 3.63) is 151 Å². The lowest BCUT2D eigenvalue weighted by Gasteiger charge is -2.28. The Kier molecular flexibility index (Phi) is 5.06. The van der Waals surface area contributed by atoms with Crippen molar-refractivity contribution in [3.63, 3.8) is 0 Å². The highest BCUT2D eigenvalue weighted by Gasteiger charge is 2.35. The molecular weight excluding hydrogens is 562 g/mol. The molecule has 0 fully saturated rings. The number of rotatable bonds is 3. The molecule has 0 atom stereocenters. The zero-order chi connectivity index (χ0) is 30.6. The van der Waals surface area contributed by atoms with E-state index in [0.717, 1.165) is 66.3 Å². The number of hydrogen-bond acceptors (Lipinski definition) is 3. The van der Waals surface area contributed by atoms with Crippen LogP contribution in [0.2, 0.25) is 0 Å². The van der Waals surface area contributed by atoms with E-state index in [0.29, 0.717) is 0 Å². The van der Waals surface area contributed by atoms with E-state index in [4.69, 9.17) is 8.83 Å². The fourth-order valence-electron chi connectivity index (χ4n) is 7.88. The number of hydrogen-bond donors (Lipinski definition) is 0. The molecule has 7 aromatic carbocycles. The van der Waals surface area contributed by atoms with Gasteiger partial charge in [-0.1, -0.05) is 105 Å². The van der Waals surface area contributed by atoms with Crippen LogP contribution in [-0.2, 0) is 5.41 Å². The summed E-state index contributed by atoms with van der Waals surface area (Å²) in [6.45, 7) is 4.65. The lowest BCUT2D eigenvalue weighted by molar-refractivity contribution is 0.660. The van der Waals surface area contributed by atoms with Crippen LogP contribution in [0.25, 0.3) is 65.8 Å². The van der Waals surface area contributed by atoms with Crippen LogP contribution >= 0.6 is 0 Å². The number of benzene rings is 7. The number of nitrogens with zero attached hydrogens (tertiary/aromatic N) is 1. The summed E-state index contributed by atoms with van der Waals surface area (Å²) in [5.74, 6) is 0. The van der Waals surface area contributed by atoms with E-state index in [1.807, 2.05) is 18.2 Å². The molecule has 0 saturated heterocycles. The Morgan fingerprint density at radius 1 is 0.435 bits per heavy atom. The Labute approximate surface area is 265 Å². The van der Waals surface area contributed by atoms with Crippen LogP contribution in [0.3, 0.4) is 0 Å². The highest BCUT2D eigenvalue weighted by atomic mass is 16.3. The Morgan fingerprint density at radius 3 is 1.87 bits per heavy atom. The van der Waals surface area contributed by atoms with Gasteiger partial charge >= 0.3 is 0 Å². The predicted molar refractivity (Wildman–Crippen MR) is 191 cm³/mol. The fraction of sp³-hybridized carbons (Fsp3) is 0.0698. The van der Waals surface area contributed by atoms with Gasteiger partial charge in [0.1, 0.15) is 22.3 Å². The molecule has 46 heavy (non-hydrogen) atoms. The second kappa shape index (κ2) is 9.12. The maximum absolute atomic E-state index is 6.54. The fourth-order valence-corrected chi connectivity index (χ4v) is 7.88. The topological polar surface area (TPSA) is 29.5 Å². The quantitative estimate of drug-likeness (QED) is 0.205. The standard InChI is InChI=1S/C43H29NO2/c1-43(2)35-16-8-5-11-28(35)34-23-26(20-22-36(34)43)44(27-19-21-31-30-13-6-9-17-38(30)45-40(31)24-27)37-25-41-42(32-14-4-3-12-29(32)37)33-15-7-10-18-39(33)46-41/h3-25H,1-2H3. The van der Waals surface area contributed by atoms with Crippen molar-refractivity contribution < 1.29 is 8.83 Å². The SMILES string of the molecule is CC1(C)c2ccccc2-c2cc(N(c3ccc4c(c3)oc3ccccc34)c3cc4oc5ccccc5c4c4ccccc34)ccc21. The van der Waals surface area contributed by atoms with Crippen molar-refractivity contribution in [1.29, 1.82) is 0 Å². The average Bonchev–Trinajstić information content (AvgIpc) is 3.72. The van der Waals surface area contributed by atoms with Crippen LogP contribution < -0.4 is 4.90 Å². The normalized spacial score (nSPS) is 13.6. The van der Waals surface area contributed by atoms with Crippen LogP contribution in [0.5, 0.6) is 0 Å². The zero-order valence-electron chi connectivity index (χ0n) is 25.5. The maximum atomic E-state index is 6.54. The molecule has 0 unspecified atom stereocenters. The number of furan rings is 2. The van der Waals surface area contributed by atoms with Gasteiger partial charge in [-0.15, -0.1) is 0 Å². The summed E-state index contributed by atoms with van der Waals surface area (Å²) in [5, 5.41) is 6.84. The van der Waals surface area contributed by atoms with E-state index < -0.39 is 0 Å². The highest BCUT2D eigenvalue weighted by Crippen LogP contribution is 2.52. The van der Waals surface area contributed by atoms with Crippen LogP contribution in [0.1, 0.15) is 25.0 Å². The second-order valence-electron chi connectivity index (χ2n) is 12.9. The van der Waals surface area contributed by atoms with Crippen molar-refractivity contribution in [2.75, 3.05) is 4.90 Å². The minimum absolute atomic E-state index is 0.0671. The van der Waals surface area contributed by atoms with Gasteiger partial charge in [0.15, 0.2) is 0 Å². The third kappa shape index (κ3) is 3.43. The first-order valence-corrected chi connectivity index (χ1v) is 15.9. The van der Waals surface area contributed by atoms with Gasteiger partial charge in [0.2, 0.25) is 0 Å². The monoisotopic (exact) mass is 591 g/mol. The Hall–Kier alpha value is -5.80. The molecule has 0 spiro atoms. The van der Waals surface area contributed by atoms with Gasteiger partial charge in [-0.25, -0.2) is 0 Å². The molecule has 1 aliphatic carbocycles. The van der Waals surface area contributed by atoms with Crippen LogP contribution in [0.4, 0.5) is 17.1 Å². The summed E-state index contributed by atoms with van der Waals surface area (Å²) in [7, 11) is 0. The van der Waals surface area contributed by atoms with Crippen molar-refractivity contribution in [2.24, 2.45) is 0 Å². The molecule has 0 amide bonds. The first-order valence-electron chi connectivity index (χ1n) is 15.9. The van der Waals surface area contributed by atoms with Gasteiger partial charge in [0.05, 0.1) is 5.69 Å². The first-order chi connectivity index (χ1) is 22.6. The van der Waals surface area contributed by atoms with Gasteiger partial charge in [0.25, 0.3) is 0 Å². The lowest BCUT2D eigenvalue weighted by Crippen LogP contribution is -2.15. The number of fused-ring (bicyclic) bond motifs is 11. The molecule has 0 saturated carbocycles. The zero-order valence-corrected chi connectivity index (χ0v) is 25.5. The molecular formula is C43H29NO2. The van der Waals surface area contributed by atoms with E-state index in [1.165, 1.54) is 27.6 Å². The molecule has 0 N–H and O–H groups in total. The van der Waals surface area contributed by atoms with Crippen molar-refractivity contribution in [3.8, 4) is 11.1 Å². The minimum Gasteiger partial charge on any atom is -0.456 e. The number of para-hydroxylation sites is 2. The summed E-state index contributed by atoms with van der Waals surface area (Å²) in [6, 6.07) is 49.8. The second-order valence-corrected chi connectivity index (χ2v) is 12.9. The molecule has 2 heterocycles. The van der Waals surface area contributed by atoms with Crippen LogP contribution in [-0.4, -0.2) is 0 Å². The summed E-state index contributed by atoms with van der Waals surface area (Å²) in [6.07, 6.45) is 0. The molecule has 0 radical (unpaired) electrons. The average molecular weight is 592 g/mol. The van der Waals surface area contributed by atoms with Crippen LogP contribution in [0, 0.1) is 0 Å². The summed E-state index contributed by atoms with van der Waals surface area (Å²) < 4.78 is 13.0. The molecule has 2 aromatic heterocycles. The van der Waals surface area contributed by atoms with Gasteiger partial charge in [-0.2, -0.15) is 0 Å². The third-order valence-electron chi connectivity index (χ3n) is 10.0. The Bertz CT molecular complexity index is 2690. The van der Waals surface area contributed by atoms with Gasteiger partial charge < -0.3 is 13.7 Å². The third-order valence-corrected chi connectivity index (χ3v) is 10.0. The Morgan fingerprint density at radius 2 is 1.02 bits per heavy atom. The van der Waals surface area contributed by atoms with Crippen molar-refractivity contribution in [2.45, 2.75) is 19.3 Å². The lowest BCUT2D eigenvalue weighted by atomic mass is 9.82. The predicted octanol–water partition coefficient (Wildman–Crippen LogP) is 12.4. The molecule has 3 nitrogen and oxygen atoms in total. The minimum atomic E-state index is -0.0671. The largest absolute Gasteiger partial charge is 0.456 e. The smallest absolute Gasteiger partial charge is 0.138 e. The molecule has 10 rings (SSSR count). The van der Waals surface area contributed by atoms with Gasteiger partial charge in [0, 0.05) is 55.9 Å². The number of anilines is 3. The molecule has 0 bridgehead atoms. The molecule has 218 valence electrons. The van der Waals surface area contributed by atoms with E-state index in [1.54, 1.807) is 0 Å². The van der Waals surface area contributed by atoms with Crippen molar-refractivity contribution in [1.82, 2.24) is 0 Å². The van der Waals surface area contributed by atoms with E-state index in [-0.39, 0.29) is 5.41 Å². The molecule has 1 aliphatic rings. The van der Waals surface area contributed by atoms with Crippen molar-refractivity contribution >= 4 is 71.7 Å². The summed E-state index contributed by atoms with van der Waals surface area (Å²) >= 11 is 0. The van der Waals surface area contributed by atoms with E-state index in [9.17, 15) is 0 Å². The van der Waals surface area contributed by atoms with Gasteiger partial charge in [-0.3, -0.25) is 0 Å². The Balaban J connectivity index is 1.29. The first kappa shape index (κ1) is 25.5. The molecule has 0 aliphatic heterocycles. The molecule has 9 aromatic rings. The van der Waals surface area contributed by atoms with E-state index in [2.05, 4.69) is 140 Å². The summed E-state index contributed by atoms with van der Waals surface area (Å²) in [4.78, 5) is 2.37. The van der Waals surface area contributed by atoms with E-state index >= 15 is 0 Å². The van der Waals surface area contributed by atoms with Crippen LogP contribution in [0.15, 0.2) is 148 Å². The van der Waals surface area contributed by atoms with Gasteiger partial charge in [-0.05, 0) is 64.0 Å². The maximum Gasteiger partial charge on any atom is 0.138 e. The molecule has 3 heteroatoms. The highest BCUT2D eigenvalue weighted by molar-refractivity contribution is 6.22.